The van der Waals surface area contributed by atoms with Crippen molar-refractivity contribution in [1.29, 1.82) is 0 Å². The number of fused-ring (bicyclic) bond motifs is 2. The smallest absolute Gasteiger partial charge is 0.323 e. The Bertz CT molecular complexity index is 1840. The highest BCUT2D eigenvalue weighted by molar-refractivity contribution is 8.09. The van der Waals surface area contributed by atoms with Crippen LogP contribution in [0.15, 0.2) is 48.8 Å². The van der Waals surface area contributed by atoms with Crippen LogP contribution in [0.3, 0.4) is 0 Å². The van der Waals surface area contributed by atoms with E-state index in [1.54, 1.807) is 24.8 Å². The predicted octanol–water partition coefficient (Wildman–Crippen LogP) is 5.45. The topological polar surface area (TPSA) is 133 Å². The van der Waals surface area contributed by atoms with Gasteiger partial charge >= 0.3 is 12.6 Å². The number of rotatable bonds is 12. The van der Waals surface area contributed by atoms with Gasteiger partial charge in [-0.3, -0.25) is 9.36 Å². The van der Waals surface area contributed by atoms with Crippen LogP contribution in [0.4, 0.5) is 10.2 Å². The van der Waals surface area contributed by atoms with E-state index in [0.717, 1.165) is 10.8 Å². The van der Waals surface area contributed by atoms with Crippen LogP contribution in [0.25, 0.3) is 21.9 Å². The summed E-state index contributed by atoms with van der Waals surface area (Å²) in [5.74, 6) is 0.483. The van der Waals surface area contributed by atoms with Gasteiger partial charge in [-0.2, -0.15) is 0 Å². The molecule has 48 heavy (non-hydrogen) atoms. The Hall–Kier alpha value is -2.97. The molecular formula is C32H41ClFN6O6PS. The maximum Gasteiger partial charge on any atom is 0.323 e. The van der Waals surface area contributed by atoms with Crippen LogP contribution in [0.1, 0.15) is 39.7 Å². The highest BCUT2D eigenvalue weighted by Crippen LogP contribution is 2.50. The maximum atomic E-state index is 16.0. The van der Waals surface area contributed by atoms with E-state index < -0.39 is 49.4 Å². The van der Waals surface area contributed by atoms with E-state index in [1.165, 1.54) is 10.9 Å². The number of nitrogens with one attached hydrogen (secondary N) is 1. The van der Waals surface area contributed by atoms with Crippen molar-refractivity contribution in [3.05, 3.63) is 54.6 Å². The van der Waals surface area contributed by atoms with Gasteiger partial charge in [-0.05, 0) is 42.5 Å². The van der Waals surface area contributed by atoms with Crippen molar-refractivity contribution in [1.82, 2.24) is 24.6 Å². The molecule has 16 heteroatoms. The highest BCUT2D eigenvalue weighted by atomic mass is 35.5. The lowest BCUT2D eigenvalue weighted by atomic mass is 9.99. The Morgan fingerprint density at radius 2 is 1.96 bits per heavy atom. The molecule has 0 saturated carbocycles. The lowest BCUT2D eigenvalue weighted by Gasteiger charge is -2.33. The number of imidazole rings is 1. The van der Waals surface area contributed by atoms with E-state index in [2.05, 4.69) is 20.0 Å². The fourth-order valence-electron chi connectivity index (χ4n) is 5.20. The van der Waals surface area contributed by atoms with Crippen molar-refractivity contribution in [2.45, 2.75) is 64.8 Å². The van der Waals surface area contributed by atoms with Gasteiger partial charge in [-0.1, -0.05) is 57.2 Å². The molecule has 2 aromatic heterocycles. The minimum atomic E-state index is -3.65. The molecule has 260 valence electrons. The van der Waals surface area contributed by atoms with Crippen molar-refractivity contribution in [3.63, 3.8) is 0 Å². The van der Waals surface area contributed by atoms with Gasteiger partial charge in [0.25, 0.3) is 0 Å². The number of aryl methyl sites for hydroxylation is 1. The van der Waals surface area contributed by atoms with Crippen LogP contribution in [-0.4, -0.2) is 87.7 Å². The van der Waals surface area contributed by atoms with Crippen molar-refractivity contribution in [2.75, 3.05) is 38.1 Å². The van der Waals surface area contributed by atoms with Gasteiger partial charge in [-0.25, -0.2) is 24.4 Å². The fourth-order valence-corrected chi connectivity index (χ4v) is 7.94. The minimum absolute atomic E-state index is 0.184. The molecule has 4 aromatic rings. The van der Waals surface area contributed by atoms with Crippen LogP contribution >= 0.6 is 18.2 Å². The van der Waals surface area contributed by atoms with Gasteiger partial charge < -0.3 is 28.5 Å². The minimum Gasteiger partial charge on any atom is -0.464 e. The molecule has 2 N–H and O–H groups in total. The zero-order valence-electron chi connectivity index (χ0n) is 27.9. The zero-order chi connectivity index (χ0) is 35.0. The zero-order valence-corrected chi connectivity index (χ0v) is 30.4. The van der Waals surface area contributed by atoms with E-state index in [9.17, 15) is 9.90 Å². The largest absolute Gasteiger partial charge is 0.464 e. The summed E-state index contributed by atoms with van der Waals surface area (Å²) in [4.78, 5) is 28.1. The average Bonchev–Trinajstić information content (AvgIpc) is 3.56. The number of esters is 1. The summed E-state index contributed by atoms with van der Waals surface area (Å²) >= 11 is 12.4. The Labute approximate surface area is 289 Å². The molecular weight excluding hydrogens is 682 g/mol. The van der Waals surface area contributed by atoms with Crippen LogP contribution in [-0.2, 0) is 30.6 Å². The number of anilines is 1. The van der Waals surface area contributed by atoms with Gasteiger partial charge in [0.15, 0.2) is 29.4 Å². The second kappa shape index (κ2) is 14.1. The van der Waals surface area contributed by atoms with Crippen molar-refractivity contribution in [2.24, 2.45) is 5.41 Å². The number of halogens is 2. The third kappa shape index (κ3) is 7.60. The fraction of sp³-hybridized carbons (Fsp3) is 0.500. The number of hydrogen-bond donors (Lipinski definition) is 2. The lowest BCUT2D eigenvalue weighted by Crippen LogP contribution is -2.48. The SMILES string of the molecule is Cc1nc(N(C)C)c2ncn([C@@H]3O[C@](CCl)(CO[P@](=S)(N[C@@H](C)C(=O)OCC(C)(C)C)Oc4cccc5ccccc45)[C@@H](O)[C@H]3F)c2n1. The van der Waals surface area contributed by atoms with Gasteiger partial charge in [-0.15, -0.1) is 11.6 Å². The number of carbonyl (C=O) groups is 1. The van der Waals surface area contributed by atoms with Gasteiger partial charge in [0.2, 0.25) is 0 Å². The Balaban J connectivity index is 1.44. The number of aromatic nitrogens is 4. The maximum absolute atomic E-state index is 16.0. The average molecular weight is 723 g/mol. The molecule has 6 atom stereocenters. The molecule has 1 saturated heterocycles. The number of hydrogen-bond acceptors (Lipinski definition) is 11. The monoisotopic (exact) mass is 722 g/mol. The molecule has 0 radical (unpaired) electrons. The number of nitrogens with zero attached hydrogens (tertiary/aromatic N) is 5. The first kappa shape index (κ1) is 36.3. The molecule has 1 fully saturated rings. The Morgan fingerprint density at radius 1 is 1.25 bits per heavy atom. The van der Waals surface area contributed by atoms with Crippen LogP contribution < -0.4 is 14.5 Å². The van der Waals surface area contributed by atoms with E-state index in [4.69, 9.17) is 41.9 Å². The quantitative estimate of drug-likeness (QED) is 0.110. The number of alkyl halides is 2. The summed E-state index contributed by atoms with van der Waals surface area (Å²) in [6.07, 6.45) is -3.64. The standard InChI is InChI=1S/C32H41ClFN6O6PS/c1-19(30(42)43-16-31(3,4)5)38-47(48,46-23-14-10-12-21-11-8-9-13-22(21)23)44-17-32(15-33)26(41)24(34)29(45-32)40-18-35-25-27(39(6)7)36-20(2)37-28(25)40/h8-14,18-19,24,26,29,41H,15-17H2,1-7H3,(H,38,48)/t19-,24+,26-,29+,32+,47+/m0/s1. The normalized spacial score (nSPS) is 23.2. The molecule has 5 rings (SSSR count). The molecule has 12 nitrogen and oxygen atoms in total. The second-order valence-corrected chi connectivity index (χ2v) is 16.7. The molecule has 0 bridgehead atoms. The summed E-state index contributed by atoms with van der Waals surface area (Å²) in [7, 11) is 3.63. The van der Waals surface area contributed by atoms with Crippen LogP contribution in [0.2, 0.25) is 0 Å². The van der Waals surface area contributed by atoms with Crippen molar-refractivity contribution in [3.8, 4) is 5.75 Å². The second-order valence-electron chi connectivity index (χ2n) is 13.3. The summed E-state index contributed by atoms with van der Waals surface area (Å²) < 4.78 is 41.8. The first-order valence-corrected chi connectivity index (χ1v) is 18.5. The van der Waals surface area contributed by atoms with Crippen LogP contribution in [0.5, 0.6) is 5.75 Å². The van der Waals surface area contributed by atoms with Gasteiger partial charge in [0.05, 0.1) is 25.4 Å². The molecule has 3 heterocycles. The summed E-state index contributed by atoms with van der Waals surface area (Å²) in [6.45, 7) is 5.20. The number of aliphatic hydroxyl groups excluding tert-OH is 1. The molecule has 1 aliphatic rings. The lowest BCUT2D eigenvalue weighted by molar-refractivity contribution is -0.148. The summed E-state index contributed by atoms with van der Waals surface area (Å²) in [5.41, 5.74) is -1.26. The first-order valence-electron chi connectivity index (χ1n) is 15.4. The van der Waals surface area contributed by atoms with Gasteiger partial charge in [0.1, 0.15) is 29.3 Å². The van der Waals surface area contributed by atoms with Gasteiger partial charge in [0, 0.05) is 19.5 Å². The van der Waals surface area contributed by atoms with E-state index in [-0.39, 0.29) is 17.9 Å². The number of aliphatic hydroxyl groups is 1. The molecule has 0 spiro atoms. The van der Waals surface area contributed by atoms with E-state index >= 15 is 4.39 Å². The first-order chi connectivity index (χ1) is 22.6. The molecule has 0 unspecified atom stereocenters. The van der Waals surface area contributed by atoms with E-state index in [1.807, 2.05) is 71.3 Å². The van der Waals surface area contributed by atoms with Crippen molar-refractivity contribution >= 4 is 63.8 Å². The number of benzene rings is 2. The van der Waals surface area contributed by atoms with E-state index in [0.29, 0.717) is 28.6 Å². The molecule has 2 aromatic carbocycles. The summed E-state index contributed by atoms with van der Waals surface area (Å²) in [5, 5.41) is 16.0. The Morgan fingerprint density at radius 3 is 2.65 bits per heavy atom. The van der Waals surface area contributed by atoms with Crippen LogP contribution in [0, 0.1) is 12.3 Å². The highest BCUT2D eigenvalue weighted by Gasteiger charge is 2.57. The van der Waals surface area contributed by atoms with Crippen molar-refractivity contribution < 1.29 is 32.8 Å². The molecule has 0 amide bonds. The number of ether oxygens (including phenoxy) is 2. The third-order valence-corrected chi connectivity index (χ3v) is 10.6. The number of carbonyl (C=O) groups excluding carboxylic acids is 1. The molecule has 1 aliphatic heterocycles. The Kier molecular flexibility index (Phi) is 10.7. The molecule has 0 aliphatic carbocycles. The predicted molar refractivity (Wildman–Crippen MR) is 187 cm³/mol. The third-order valence-electron chi connectivity index (χ3n) is 7.71. The summed E-state index contributed by atoms with van der Waals surface area (Å²) in [6, 6.07) is 12.1.